The summed E-state index contributed by atoms with van der Waals surface area (Å²) in [5.41, 5.74) is 1.05. The summed E-state index contributed by atoms with van der Waals surface area (Å²) in [6.45, 7) is 0. The van der Waals surface area contributed by atoms with E-state index in [9.17, 15) is 5.21 Å². The third-order valence-corrected chi connectivity index (χ3v) is 1.31. The maximum absolute atomic E-state index is 10.5. The highest BCUT2D eigenvalue weighted by Crippen LogP contribution is 1.93. The normalized spacial score (nSPS) is 11.5. The first-order chi connectivity index (χ1) is 5.29. The van der Waals surface area contributed by atoms with E-state index in [0.717, 1.165) is 10.3 Å². The van der Waals surface area contributed by atoms with Gasteiger partial charge >= 0.3 is 0 Å². The van der Waals surface area contributed by atoms with E-state index in [2.05, 4.69) is 4.98 Å². The maximum atomic E-state index is 10.5. The molecule has 11 heavy (non-hydrogen) atoms. The van der Waals surface area contributed by atoms with Crippen LogP contribution in [0.15, 0.2) is 24.5 Å². The van der Waals surface area contributed by atoms with E-state index in [1.165, 1.54) is 7.05 Å². The molecule has 0 unspecified atom stereocenters. The van der Waals surface area contributed by atoms with Crippen LogP contribution in [-0.4, -0.2) is 23.0 Å². The lowest BCUT2D eigenvalue weighted by Crippen LogP contribution is -1.99. The van der Waals surface area contributed by atoms with Crippen molar-refractivity contribution in [1.82, 2.24) is 4.98 Å². The Bertz CT molecular complexity index is 240. The number of hydrogen-bond donors (Lipinski definition) is 0. The van der Waals surface area contributed by atoms with Gasteiger partial charge in [0.2, 0.25) is 0 Å². The summed E-state index contributed by atoms with van der Waals surface area (Å²) >= 11 is 0. The van der Waals surface area contributed by atoms with Gasteiger partial charge in [-0.2, -0.15) is 0 Å². The molecule has 0 aliphatic carbocycles. The second-order valence-electron chi connectivity index (χ2n) is 2.29. The second-order valence-corrected chi connectivity index (χ2v) is 2.29. The van der Waals surface area contributed by atoms with Crippen molar-refractivity contribution in [2.24, 2.45) is 0 Å². The number of rotatable bonds is 2. The highest BCUT2D eigenvalue weighted by Gasteiger charge is 1.89. The minimum absolute atomic E-state index is 0.647. The molecule has 1 aromatic rings. The molecule has 1 heterocycles. The fourth-order valence-corrected chi connectivity index (χ4v) is 0.753. The van der Waals surface area contributed by atoms with Gasteiger partial charge in [-0.3, -0.25) is 4.98 Å². The van der Waals surface area contributed by atoms with Crippen molar-refractivity contribution >= 4 is 6.21 Å². The van der Waals surface area contributed by atoms with Crippen molar-refractivity contribution < 1.29 is 4.74 Å². The van der Waals surface area contributed by atoms with Crippen LogP contribution in [0.1, 0.15) is 5.56 Å². The van der Waals surface area contributed by atoms with E-state index in [4.69, 9.17) is 0 Å². The Morgan fingerprint density at radius 3 is 3.09 bits per heavy atom. The fourth-order valence-electron chi connectivity index (χ4n) is 0.753. The van der Waals surface area contributed by atoms with Crippen LogP contribution in [0.3, 0.4) is 0 Å². The lowest BCUT2D eigenvalue weighted by Gasteiger charge is -1.95. The summed E-state index contributed by atoms with van der Waals surface area (Å²) in [5.74, 6) is 0. The molecule has 58 valence electrons. The number of nitrogens with zero attached hydrogens (tertiary/aromatic N) is 2. The minimum Gasteiger partial charge on any atom is -0.624 e. The van der Waals surface area contributed by atoms with Crippen LogP contribution in [0.25, 0.3) is 0 Å². The molecular formula is C8H10N2O. The Hall–Kier alpha value is -1.38. The standard InChI is InChI=1S/C8H10N2O/c1-10(11)6-4-8-3-2-5-9-7-8/h2-3,5-7H,4H2,1H3/b10-6-. The van der Waals surface area contributed by atoms with Gasteiger partial charge in [-0.1, -0.05) is 6.07 Å². The molecule has 0 fully saturated rings. The monoisotopic (exact) mass is 150 g/mol. The molecule has 3 heteroatoms. The van der Waals surface area contributed by atoms with Crippen molar-refractivity contribution in [3.8, 4) is 0 Å². The number of pyridine rings is 1. The van der Waals surface area contributed by atoms with Gasteiger partial charge in [0.25, 0.3) is 0 Å². The van der Waals surface area contributed by atoms with E-state index >= 15 is 0 Å². The van der Waals surface area contributed by atoms with Crippen LogP contribution < -0.4 is 0 Å². The first-order valence-corrected chi connectivity index (χ1v) is 3.41. The van der Waals surface area contributed by atoms with Crippen molar-refractivity contribution in [2.75, 3.05) is 7.05 Å². The first kappa shape index (κ1) is 7.72. The summed E-state index contributed by atoms with van der Waals surface area (Å²) < 4.78 is 0.799. The molecule has 0 N–H and O–H groups in total. The largest absolute Gasteiger partial charge is 0.624 e. The van der Waals surface area contributed by atoms with E-state index in [0.29, 0.717) is 6.42 Å². The van der Waals surface area contributed by atoms with Crippen molar-refractivity contribution in [3.63, 3.8) is 0 Å². The Kier molecular flexibility index (Phi) is 2.60. The summed E-state index contributed by atoms with van der Waals surface area (Å²) in [5, 5.41) is 10.5. The quantitative estimate of drug-likeness (QED) is 0.271. The third kappa shape index (κ3) is 2.80. The van der Waals surface area contributed by atoms with Gasteiger partial charge in [-0.25, -0.2) is 4.74 Å². The highest BCUT2D eigenvalue weighted by molar-refractivity contribution is 5.55. The number of hydroxylamine groups is 1. The molecule has 0 spiro atoms. The summed E-state index contributed by atoms with van der Waals surface area (Å²) in [4.78, 5) is 3.92. The molecule has 0 aliphatic rings. The predicted molar refractivity (Wildman–Crippen MR) is 43.6 cm³/mol. The van der Waals surface area contributed by atoms with Gasteiger partial charge in [0.15, 0.2) is 6.21 Å². The smallest absolute Gasteiger partial charge is 0.155 e. The second kappa shape index (κ2) is 3.71. The first-order valence-electron chi connectivity index (χ1n) is 3.41. The molecule has 0 aromatic carbocycles. The van der Waals surface area contributed by atoms with Gasteiger partial charge in [0, 0.05) is 12.4 Å². The minimum atomic E-state index is 0.647. The Morgan fingerprint density at radius 2 is 2.55 bits per heavy atom. The molecule has 3 nitrogen and oxygen atoms in total. The molecule has 1 rings (SSSR count). The molecule has 0 saturated carbocycles. The molecule has 0 atom stereocenters. The highest BCUT2D eigenvalue weighted by atomic mass is 16.5. The van der Waals surface area contributed by atoms with E-state index in [1.54, 1.807) is 18.6 Å². The van der Waals surface area contributed by atoms with E-state index in [1.807, 2.05) is 12.1 Å². The molecule has 0 aliphatic heterocycles. The van der Waals surface area contributed by atoms with Crippen LogP contribution >= 0.6 is 0 Å². The average Bonchev–Trinajstić information content (AvgIpc) is 2.03. The van der Waals surface area contributed by atoms with Gasteiger partial charge in [-0.05, 0) is 11.6 Å². The molecule has 0 radical (unpaired) electrons. The van der Waals surface area contributed by atoms with Gasteiger partial charge in [-0.15, -0.1) is 0 Å². The number of aromatic nitrogens is 1. The van der Waals surface area contributed by atoms with Crippen LogP contribution in [0.4, 0.5) is 0 Å². The van der Waals surface area contributed by atoms with Crippen LogP contribution in [-0.2, 0) is 6.42 Å². The van der Waals surface area contributed by atoms with E-state index < -0.39 is 0 Å². The molecule has 0 saturated heterocycles. The van der Waals surface area contributed by atoms with Gasteiger partial charge in [0.1, 0.15) is 7.05 Å². The zero-order chi connectivity index (χ0) is 8.10. The third-order valence-electron chi connectivity index (χ3n) is 1.31. The van der Waals surface area contributed by atoms with Crippen LogP contribution in [0.2, 0.25) is 0 Å². The molecule has 0 bridgehead atoms. The number of hydrogen-bond acceptors (Lipinski definition) is 2. The lowest BCUT2D eigenvalue weighted by atomic mass is 10.2. The Balaban J connectivity index is 2.59. The van der Waals surface area contributed by atoms with Crippen LogP contribution in [0.5, 0.6) is 0 Å². The molecular weight excluding hydrogens is 140 g/mol. The van der Waals surface area contributed by atoms with Crippen LogP contribution in [0, 0.1) is 5.21 Å². The maximum Gasteiger partial charge on any atom is 0.155 e. The molecule has 1 aromatic heterocycles. The van der Waals surface area contributed by atoms with Gasteiger partial charge < -0.3 is 5.21 Å². The van der Waals surface area contributed by atoms with Crippen molar-refractivity contribution in [2.45, 2.75) is 6.42 Å². The van der Waals surface area contributed by atoms with E-state index in [-0.39, 0.29) is 0 Å². The summed E-state index contributed by atoms with van der Waals surface area (Å²) in [7, 11) is 1.47. The Labute approximate surface area is 65.6 Å². The van der Waals surface area contributed by atoms with Crippen molar-refractivity contribution in [3.05, 3.63) is 35.3 Å². The summed E-state index contributed by atoms with van der Waals surface area (Å²) in [6.07, 6.45) is 5.68. The topological polar surface area (TPSA) is 39.0 Å². The zero-order valence-corrected chi connectivity index (χ0v) is 6.40. The lowest BCUT2D eigenvalue weighted by molar-refractivity contribution is -0.418. The Morgan fingerprint density at radius 1 is 1.73 bits per heavy atom. The summed E-state index contributed by atoms with van der Waals surface area (Å²) in [6, 6.07) is 3.79. The SMILES string of the molecule is C/[N+]([O-])=C/Cc1cccnc1. The van der Waals surface area contributed by atoms with Gasteiger partial charge in [0.05, 0.1) is 6.42 Å². The fraction of sp³-hybridized carbons (Fsp3) is 0.250. The zero-order valence-electron chi connectivity index (χ0n) is 6.40. The predicted octanol–water partition coefficient (Wildman–Crippen LogP) is 0.835. The average molecular weight is 150 g/mol. The molecule has 0 amide bonds. The van der Waals surface area contributed by atoms with Crippen molar-refractivity contribution in [1.29, 1.82) is 0 Å².